The summed E-state index contributed by atoms with van der Waals surface area (Å²) in [7, 11) is -7.88. The minimum Gasteiger partial charge on any atom is -0.492 e. The summed E-state index contributed by atoms with van der Waals surface area (Å²) in [6.07, 6.45) is 5.77. The highest BCUT2D eigenvalue weighted by atomic mass is 32.2. The van der Waals surface area contributed by atoms with Gasteiger partial charge in [0.05, 0.1) is 13.2 Å². The van der Waals surface area contributed by atoms with Crippen LogP contribution in [0.1, 0.15) is 105 Å². The van der Waals surface area contributed by atoms with E-state index in [1.165, 1.54) is 8.61 Å². The summed E-state index contributed by atoms with van der Waals surface area (Å²) in [4.78, 5) is 0.275. The molecule has 0 saturated carbocycles. The molecule has 1 aliphatic heterocycles. The van der Waals surface area contributed by atoms with Crippen LogP contribution >= 0.6 is 0 Å². The Balaban J connectivity index is 1.88. The maximum atomic E-state index is 14.0. The van der Waals surface area contributed by atoms with E-state index in [0.29, 0.717) is 24.7 Å². The molecule has 2 aromatic carbocycles. The highest BCUT2D eigenvalue weighted by molar-refractivity contribution is 7.89. The molecule has 0 atom stereocenters. The monoisotopic (exact) mass is 650 g/mol. The Morgan fingerprint density at radius 3 is 1.23 bits per heavy atom. The third-order valence-electron chi connectivity index (χ3n) is 8.06. The van der Waals surface area contributed by atoms with Crippen molar-refractivity contribution in [2.24, 2.45) is 0 Å². The van der Waals surface area contributed by atoms with Gasteiger partial charge in [-0.3, -0.25) is 0 Å². The molecule has 0 spiro atoms. The largest absolute Gasteiger partial charge is 0.492 e. The van der Waals surface area contributed by atoms with Crippen LogP contribution in [0, 0.1) is 0 Å². The van der Waals surface area contributed by atoms with E-state index in [4.69, 9.17) is 9.47 Å². The highest BCUT2D eigenvalue weighted by Gasteiger charge is 2.37. The number of benzene rings is 2. The first-order valence-corrected chi connectivity index (χ1v) is 19.0. The zero-order valence-corrected chi connectivity index (χ0v) is 29.7. The van der Waals surface area contributed by atoms with Gasteiger partial charge in [-0.2, -0.15) is 8.61 Å². The zero-order valence-electron chi connectivity index (χ0n) is 28.1. The van der Waals surface area contributed by atoms with Gasteiger partial charge in [-0.15, -0.1) is 0 Å². The number of nitrogens with zero attached hydrogens (tertiary/aromatic N) is 2. The van der Waals surface area contributed by atoms with Crippen molar-refractivity contribution >= 4 is 20.0 Å². The van der Waals surface area contributed by atoms with Crippen molar-refractivity contribution in [1.29, 1.82) is 0 Å². The fourth-order valence-corrected chi connectivity index (χ4v) is 8.25. The van der Waals surface area contributed by atoms with Gasteiger partial charge < -0.3 is 9.47 Å². The molecular weight excluding hydrogens is 597 g/mol. The number of ether oxygens (including phenoxy) is 2. The highest BCUT2D eigenvalue weighted by Crippen LogP contribution is 2.36. The number of hydrogen-bond acceptors (Lipinski definition) is 6. The van der Waals surface area contributed by atoms with Crippen molar-refractivity contribution in [3.63, 3.8) is 0 Å². The molecule has 1 fully saturated rings. The third kappa shape index (κ3) is 8.98. The lowest BCUT2D eigenvalue weighted by molar-refractivity contribution is 0.266. The standard InChI is InChI=1S/C34H54N2O6S2/c1-9-11-13-23-41-29-17-15-27(33(3,4)5)25-31(29)43(37,38)35-19-21-36(22-20-35)44(39,40)32-26-28(34(6,7)8)16-18-30(32)42-24-14-12-10-2/h15-18,25-26H,9-14,19-24H2,1-8H3. The second-order valence-corrected chi connectivity index (χ2v) is 17.6. The Labute approximate surface area is 267 Å². The van der Waals surface area contributed by atoms with E-state index in [9.17, 15) is 16.8 Å². The lowest BCUT2D eigenvalue weighted by atomic mass is 9.87. The van der Waals surface area contributed by atoms with Crippen LogP contribution in [0.3, 0.4) is 0 Å². The van der Waals surface area contributed by atoms with Crippen LogP contribution in [0.5, 0.6) is 11.5 Å². The second-order valence-electron chi connectivity index (χ2n) is 13.7. The first kappa shape index (κ1) is 36.3. The Kier molecular flexibility index (Phi) is 12.4. The van der Waals surface area contributed by atoms with E-state index in [0.717, 1.165) is 49.7 Å². The fourth-order valence-electron chi connectivity index (χ4n) is 5.09. The molecule has 0 unspecified atom stereocenters. The summed E-state index contributed by atoms with van der Waals surface area (Å²) in [5, 5.41) is 0. The van der Waals surface area contributed by atoms with Crippen LogP contribution in [0.4, 0.5) is 0 Å². The Morgan fingerprint density at radius 1 is 0.591 bits per heavy atom. The SMILES string of the molecule is CCCCCOc1ccc(C(C)(C)C)cc1S(=O)(=O)N1CCN(S(=O)(=O)c2cc(C(C)(C)C)ccc2OCCCCC)CC1. The molecule has 0 aromatic heterocycles. The Morgan fingerprint density at radius 2 is 0.932 bits per heavy atom. The summed E-state index contributed by atoms with van der Waals surface area (Å²) < 4.78 is 70.9. The average Bonchev–Trinajstić information content (AvgIpc) is 2.96. The molecule has 1 saturated heterocycles. The van der Waals surface area contributed by atoms with Gasteiger partial charge in [-0.05, 0) is 59.1 Å². The van der Waals surface area contributed by atoms with E-state index in [1.807, 2.05) is 53.7 Å². The van der Waals surface area contributed by atoms with Gasteiger partial charge in [-0.1, -0.05) is 93.2 Å². The van der Waals surface area contributed by atoms with E-state index in [2.05, 4.69) is 13.8 Å². The van der Waals surface area contributed by atoms with Crippen molar-refractivity contribution in [3.8, 4) is 11.5 Å². The minimum absolute atomic E-state index is 0.0439. The van der Waals surface area contributed by atoms with Gasteiger partial charge in [0.1, 0.15) is 21.3 Å². The number of piperazine rings is 1. The Hall–Kier alpha value is -2.14. The summed E-state index contributed by atoms with van der Waals surface area (Å²) in [5.41, 5.74) is 1.28. The molecule has 1 aliphatic rings. The summed E-state index contributed by atoms with van der Waals surface area (Å²) in [6.45, 7) is 17.5. The van der Waals surface area contributed by atoms with Crippen molar-refractivity contribution in [2.75, 3.05) is 39.4 Å². The van der Waals surface area contributed by atoms with E-state index in [1.54, 1.807) is 24.3 Å². The molecular formula is C34H54N2O6S2. The van der Waals surface area contributed by atoms with Crippen LogP contribution in [-0.4, -0.2) is 64.8 Å². The molecule has 3 rings (SSSR count). The van der Waals surface area contributed by atoms with E-state index >= 15 is 0 Å². The number of rotatable bonds is 14. The smallest absolute Gasteiger partial charge is 0.246 e. The first-order chi connectivity index (χ1) is 20.5. The molecule has 8 nitrogen and oxygen atoms in total. The summed E-state index contributed by atoms with van der Waals surface area (Å²) in [6, 6.07) is 10.8. The predicted molar refractivity (Wildman–Crippen MR) is 178 cm³/mol. The first-order valence-electron chi connectivity index (χ1n) is 16.1. The molecule has 0 radical (unpaired) electrons. The molecule has 0 N–H and O–H groups in total. The quantitative estimate of drug-likeness (QED) is 0.202. The van der Waals surface area contributed by atoms with Gasteiger partial charge in [0.15, 0.2) is 0 Å². The molecule has 0 bridgehead atoms. The maximum Gasteiger partial charge on any atom is 0.246 e. The minimum atomic E-state index is -3.94. The van der Waals surface area contributed by atoms with Gasteiger partial charge in [0, 0.05) is 26.2 Å². The van der Waals surface area contributed by atoms with E-state index < -0.39 is 20.0 Å². The fraction of sp³-hybridized carbons (Fsp3) is 0.647. The number of sulfonamides is 2. The molecule has 44 heavy (non-hydrogen) atoms. The molecule has 10 heteroatoms. The lowest BCUT2D eigenvalue weighted by Gasteiger charge is -2.34. The molecule has 0 amide bonds. The maximum absolute atomic E-state index is 14.0. The van der Waals surface area contributed by atoms with Gasteiger partial charge in [0.25, 0.3) is 0 Å². The molecule has 1 heterocycles. The van der Waals surface area contributed by atoms with Gasteiger partial charge >= 0.3 is 0 Å². The van der Waals surface area contributed by atoms with Crippen molar-refractivity contribution in [2.45, 2.75) is 115 Å². The lowest BCUT2D eigenvalue weighted by Crippen LogP contribution is -2.50. The van der Waals surface area contributed by atoms with E-state index in [-0.39, 0.29) is 46.8 Å². The third-order valence-corrected chi connectivity index (χ3v) is 11.9. The normalized spacial score (nSPS) is 15.8. The van der Waals surface area contributed by atoms with Crippen LogP contribution in [-0.2, 0) is 30.9 Å². The van der Waals surface area contributed by atoms with Crippen molar-refractivity contribution in [1.82, 2.24) is 8.61 Å². The number of hydrogen-bond donors (Lipinski definition) is 0. The van der Waals surface area contributed by atoms with Crippen LogP contribution < -0.4 is 9.47 Å². The van der Waals surface area contributed by atoms with Crippen molar-refractivity contribution in [3.05, 3.63) is 47.5 Å². The van der Waals surface area contributed by atoms with Gasteiger partial charge in [-0.25, -0.2) is 16.8 Å². The molecule has 2 aromatic rings. The Bertz CT molecular complexity index is 1340. The average molecular weight is 651 g/mol. The van der Waals surface area contributed by atoms with Crippen LogP contribution in [0.2, 0.25) is 0 Å². The van der Waals surface area contributed by atoms with Crippen molar-refractivity contribution < 1.29 is 26.3 Å². The predicted octanol–water partition coefficient (Wildman–Crippen LogP) is 7.11. The van der Waals surface area contributed by atoms with Crippen LogP contribution in [0.15, 0.2) is 46.2 Å². The summed E-state index contributed by atoms with van der Waals surface area (Å²) >= 11 is 0. The summed E-state index contributed by atoms with van der Waals surface area (Å²) in [5.74, 6) is 0.682. The van der Waals surface area contributed by atoms with Crippen LogP contribution in [0.25, 0.3) is 0 Å². The topological polar surface area (TPSA) is 93.2 Å². The zero-order chi connectivity index (χ0) is 32.8. The molecule has 0 aliphatic carbocycles. The second kappa shape index (κ2) is 15.0. The molecule has 248 valence electrons. The number of unbranched alkanes of at least 4 members (excludes halogenated alkanes) is 4. The van der Waals surface area contributed by atoms with Gasteiger partial charge in [0.2, 0.25) is 20.0 Å².